The van der Waals surface area contributed by atoms with E-state index >= 15 is 0 Å². The summed E-state index contributed by atoms with van der Waals surface area (Å²) in [7, 11) is 0. The average molecular weight is 430 g/mol. The maximum atomic E-state index is 12.4. The molecule has 7 nitrogen and oxygen atoms in total. The molecule has 1 atom stereocenters. The lowest BCUT2D eigenvalue weighted by molar-refractivity contribution is -0.122. The Hall–Kier alpha value is -3.03. The minimum Gasteiger partial charge on any atom is -0.479 e. The number of fused-ring (bicyclic) bond motifs is 1. The Morgan fingerprint density at radius 1 is 1.24 bits per heavy atom. The number of ether oxygens (including phenoxy) is 1. The topological polar surface area (TPSA) is 73.5 Å². The number of anilines is 1. The molecule has 0 aliphatic heterocycles. The molecule has 0 aliphatic carbocycles. The van der Waals surface area contributed by atoms with Gasteiger partial charge in [-0.2, -0.15) is 5.10 Å². The molecule has 148 valence electrons. The molecule has 1 amide bonds. The van der Waals surface area contributed by atoms with Crippen LogP contribution >= 0.6 is 23.2 Å². The van der Waals surface area contributed by atoms with E-state index in [2.05, 4.69) is 15.4 Å². The minimum absolute atomic E-state index is 0.316. The molecule has 4 rings (SSSR count). The zero-order valence-corrected chi connectivity index (χ0v) is 16.9. The smallest absolute Gasteiger partial charge is 0.265 e. The van der Waals surface area contributed by atoms with E-state index in [-0.39, 0.29) is 5.91 Å². The van der Waals surface area contributed by atoms with E-state index in [1.54, 1.807) is 42.2 Å². The number of hydrogen-bond donors (Lipinski definition) is 1. The fourth-order valence-corrected chi connectivity index (χ4v) is 3.26. The highest BCUT2D eigenvalue weighted by molar-refractivity contribution is 6.35. The van der Waals surface area contributed by atoms with Crippen LogP contribution in [-0.4, -0.2) is 31.2 Å². The number of nitrogens with one attached hydrogen (secondary N) is 1. The van der Waals surface area contributed by atoms with E-state index in [0.717, 1.165) is 11.3 Å². The second kappa shape index (κ2) is 8.14. The van der Waals surface area contributed by atoms with Crippen molar-refractivity contribution in [3.05, 3.63) is 76.9 Å². The van der Waals surface area contributed by atoms with Crippen LogP contribution in [0.3, 0.4) is 0 Å². The third-order valence-electron chi connectivity index (χ3n) is 4.21. The molecular weight excluding hydrogens is 413 g/mol. The van der Waals surface area contributed by atoms with Crippen LogP contribution in [0, 0.1) is 0 Å². The van der Waals surface area contributed by atoms with E-state index in [1.165, 1.54) is 0 Å². The van der Waals surface area contributed by atoms with Crippen molar-refractivity contribution in [3.8, 4) is 5.75 Å². The van der Waals surface area contributed by atoms with Gasteiger partial charge in [-0.3, -0.25) is 9.48 Å². The Kier molecular flexibility index (Phi) is 5.42. The van der Waals surface area contributed by atoms with Crippen molar-refractivity contribution in [2.24, 2.45) is 0 Å². The number of carbonyl (C=O) groups excluding carboxylic acids is 1. The van der Waals surface area contributed by atoms with Gasteiger partial charge in [0, 0.05) is 23.6 Å². The maximum Gasteiger partial charge on any atom is 0.265 e. The standard InChI is InChI=1S/C20H17Cl2N5O2/c1-13(29-18-6-5-14(21)8-17(18)22)20(28)25-15-9-23-27(11-15)12-16-10-26-7-3-2-4-19(26)24-16/h2-11,13H,12H2,1H3,(H,25,28). The van der Waals surface area contributed by atoms with Crippen LogP contribution in [-0.2, 0) is 11.3 Å². The Balaban J connectivity index is 1.38. The van der Waals surface area contributed by atoms with E-state index in [4.69, 9.17) is 27.9 Å². The van der Waals surface area contributed by atoms with Gasteiger partial charge in [0.1, 0.15) is 11.4 Å². The summed E-state index contributed by atoms with van der Waals surface area (Å²) in [5.74, 6) is 0.0737. The zero-order valence-electron chi connectivity index (χ0n) is 15.4. The lowest BCUT2D eigenvalue weighted by atomic mass is 10.3. The molecule has 9 heteroatoms. The number of aromatic nitrogens is 4. The molecule has 0 bridgehead atoms. The van der Waals surface area contributed by atoms with Gasteiger partial charge in [0.25, 0.3) is 5.91 Å². The highest BCUT2D eigenvalue weighted by Gasteiger charge is 2.17. The number of nitrogens with zero attached hydrogens (tertiary/aromatic N) is 4. The van der Waals surface area contributed by atoms with Gasteiger partial charge in [0.2, 0.25) is 0 Å². The second-order valence-corrected chi connectivity index (χ2v) is 7.29. The summed E-state index contributed by atoms with van der Waals surface area (Å²) in [5.41, 5.74) is 2.30. The van der Waals surface area contributed by atoms with Crippen LogP contribution in [0.2, 0.25) is 10.0 Å². The van der Waals surface area contributed by atoms with Gasteiger partial charge in [-0.05, 0) is 37.3 Å². The summed E-state index contributed by atoms with van der Waals surface area (Å²) in [4.78, 5) is 17.0. The van der Waals surface area contributed by atoms with Crippen molar-refractivity contribution in [1.82, 2.24) is 19.2 Å². The van der Waals surface area contributed by atoms with Gasteiger partial charge in [-0.15, -0.1) is 0 Å². The number of halogens is 2. The van der Waals surface area contributed by atoms with Crippen molar-refractivity contribution in [2.75, 3.05) is 5.32 Å². The summed E-state index contributed by atoms with van der Waals surface area (Å²) in [5, 5.41) is 7.90. The summed E-state index contributed by atoms with van der Waals surface area (Å²) >= 11 is 12.0. The third-order valence-corrected chi connectivity index (χ3v) is 4.74. The fraction of sp³-hybridized carbons (Fsp3) is 0.150. The quantitative estimate of drug-likeness (QED) is 0.495. The van der Waals surface area contributed by atoms with Gasteiger partial charge in [-0.25, -0.2) is 4.98 Å². The summed E-state index contributed by atoms with van der Waals surface area (Å²) in [6, 6.07) is 10.7. The molecule has 4 aromatic rings. The molecule has 1 aromatic carbocycles. The van der Waals surface area contributed by atoms with Gasteiger partial charge < -0.3 is 14.5 Å². The number of carbonyl (C=O) groups is 1. The molecule has 0 saturated carbocycles. The first-order chi connectivity index (χ1) is 14.0. The molecule has 0 aliphatic rings. The molecule has 1 N–H and O–H groups in total. The van der Waals surface area contributed by atoms with Crippen LogP contribution in [0.25, 0.3) is 5.65 Å². The van der Waals surface area contributed by atoms with E-state index in [9.17, 15) is 4.79 Å². The monoisotopic (exact) mass is 429 g/mol. The predicted octanol–water partition coefficient (Wildman–Crippen LogP) is 4.29. The highest BCUT2D eigenvalue weighted by atomic mass is 35.5. The first kappa shape index (κ1) is 19.3. The van der Waals surface area contributed by atoms with Gasteiger partial charge >= 0.3 is 0 Å². The summed E-state index contributed by atoms with van der Waals surface area (Å²) < 4.78 is 9.28. The number of rotatable bonds is 6. The molecular formula is C20H17Cl2N5O2. The van der Waals surface area contributed by atoms with E-state index in [0.29, 0.717) is 28.0 Å². The Bertz CT molecular complexity index is 1140. The van der Waals surface area contributed by atoms with Gasteiger partial charge in [0.15, 0.2) is 6.10 Å². The van der Waals surface area contributed by atoms with Crippen molar-refractivity contribution in [1.29, 1.82) is 0 Å². The van der Waals surface area contributed by atoms with E-state index < -0.39 is 6.10 Å². The zero-order chi connectivity index (χ0) is 20.4. The first-order valence-corrected chi connectivity index (χ1v) is 9.61. The third kappa shape index (κ3) is 4.52. The minimum atomic E-state index is -0.754. The van der Waals surface area contributed by atoms with Gasteiger partial charge in [-0.1, -0.05) is 29.3 Å². The number of amides is 1. The van der Waals surface area contributed by atoms with Crippen LogP contribution in [0.4, 0.5) is 5.69 Å². The molecule has 3 aromatic heterocycles. The molecule has 0 radical (unpaired) electrons. The molecule has 3 heterocycles. The molecule has 29 heavy (non-hydrogen) atoms. The highest BCUT2D eigenvalue weighted by Crippen LogP contribution is 2.28. The Morgan fingerprint density at radius 3 is 2.90 bits per heavy atom. The molecule has 0 spiro atoms. The van der Waals surface area contributed by atoms with Gasteiger partial charge in [0.05, 0.1) is 29.1 Å². The normalized spacial score (nSPS) is 12.1. The van der Waals surface area contributed by atoms with Crippen LogP contribution in [0.15, 0.2) is 61.2 Å². The summed E-state index contributed by atoms with van der Waals surface area (Å²) in [6.07, 6.45) is 6.45. The van der Waals surface area contributed by atoms with Crippen LogP contribution in [0.1, 0.15) is 12.6 Å². The van der Waals surface area contributed by atoms with Crippen LogP contribution < -0.4 is 10.1 Å². The average Bonchev–Trinajstić information content (AvgIpc) is 3.30. The van der Waals surface area contributed by atoms with E-state index in [1.807, 2.05) is 35.0 Å². The van der Waals surface area contributed by atoms with Crippen molar-refractivity contribution in [2.45, 2.75) is 19.6 Å². The van der Waals surface area contributed by atoms with Crippen molar-refractivity contribution < 1.29 is 9.53 Å². The molecule has 0 saturated heterocycles. The largest absolute Gasteiger partial charge is 0.479 e. The SMILES string of the molecule is CC(Oc1ccc(Cl)cc1Cl)C(=O)Nc1cnn(Cc2cn3ccccc3n2)c1. The fourth-order valence-electron chi connectivity index (χ4n) is 2.80. The predicted molar refractivity (Wildman–Crippen MR) is 112 cm³/mol. The second-order valence-electron chi connectivity index (χ2n) is 6.45. The first-order valence-electron chi connectivity index (χ1n) is 8.85. The number of pyridine rings is 1. The lowest BCUT2D eigenvalue weighted by Gasteiger charge is -2.15. The van der Waals surface area contributed by atoms with Crippen molar-refractivity contribution >= 4 is 40.4 Å². The molecule has 0 fully saturated rings. The number of imidazole rings is 1. The number of hydrogen-bond acceptors (Lipinski definition) is 4. The number of benzene rings is 1. The lowest BCUT2D eigenvalue weighted by Crippen LogP contribution is -2.30. The maximum absolute atomic E-state index is 12.4. The Morgan fingerprint density at radius 2 is 2.10 bits per heavy atom. The Labute approximate surface area is 176 Å². The van der Waals surface area contributed by atoms with Crippen LogP contribution in [0.5, 0.6) is 5.75 Å². The van der Waals surface area contributed by atoms with Crippen molar-refractivity contribution in [3.63, 3.8) is 0 Å². The summed E-state index contributed by atoms with van der Waals surface area (Å²) in [6.45, 7) is 2.13. The molecule has 1 unspecified atom stereocenters.